The minimum Gasteiger partial charge on any atom is -0.396 e. The van der Waals surface area contributed by atoms with Crippen LogP contribution in [0.1, 0.15) is 29.6 Å². The van der Waals surface area contributed by atoms with Crippen LogP contribution in [-0.4, -0.2) is 46.6 Å². The second-order valence-corrected chi connectivity index (χ2v) is 8.27. The minimum absolute atomic E-state index is 0.0128. The van der Waals surface area contributed by atoms with Crippen LogP contribution in [0.5, 0.6) is 0 Å². The SMILES string of the molecule is NC(=NCCCO)NC(=O)Cn1c(-c2ccccc2)ccc1-c1ccc(C(=O)NC2CC2)cc1. The fourth-order valence-electron chi connectivity index (χ4n) is 3.68. The number of nitrogens with zero attached hydrogens (tertiary/aromatic N) is 2. The van der Waals surface area contributed by atoms with Crippen molar-refractivity contribution < 1.29 is 14.7 Å². The molecule has 1 saturated carbocycles. The van der Waals surface area contributed by atoms with E-state index in [1.807, 2.05) is 59.2 Å². The lowest BCUT2D eigenvalue weighted by atomic mass is 10.1. The number of aromatic nitrogens is 1. The van der Waals surface area contributed by atoms with Gasteiger partial charge >= 0.3 is 0 Å². The topological polar surface area (TPSA) is 122 Å². The number of benzene rings is 2. The number of aliphatic imine (C=N–C) groups is 1. The Morgan fingerprint density at radius 2 is 1.62 bits per heavy atom. The zero-order valence-electron chi connectivity index (χ0n) is 18.9. The third-order valence-corrected chi connectivity index (χ3v) is 5.57. The molecule has 0 bridgehead atoms. The summed E-state index contributed by atoms with van der Waals surface area (Å²) in [5.74, 6) is -0.343. The van der Waals surface area contributed by atoms with Crippen LogP contribution in [0.25, 0.3) is 22.5 Å². The summed E-state index contributed by atoms with van der Waals surface area (Å²) in [7, 11) is 0. The molecular formula is C26H29N5O3. The third kappa shape index (κ3) is 5.90. The van der Waals surface area contributed by atoms with Gasteiger partial charge in [-0.3, -0.25) is 19.9 Å². The molecule has 4 rings (SSSR count). The van der Waals surface area contributed by atoms with Crippen molar-refractivity contribution in [2.24, 2.45) is 10.7 Å². The number of amides is 2. The van der Waals surface area contributed by atoms with Gasteiger partial charge in [0, 0.05) is 36.1 Å². The Morgan fingerprint density at radius 1 is 0.971 bits per heavy atom. The molecule has 176 valence electrons. The van der Waals surface area contributed by atoms with Crippen LogP contribution >= 0.6 is 0 Å². The van der Waals surface area contributed by atoms with Crippen molar-refractivity contribution in [3.63, 3.8) is 0 Å². The van der Waals surface area contributed by atoms with Gasteiger partial charge < -0.3 is 20.7 Å². The first kappa shape index (κ1) is 23.3. The van der Waals surface area contributed by atoms with Crippen molar-refractivity contribution in [2.75, 3.05) is 13.2 Å². The van der Waals surface area contributed by atoms with E-state index in [9.17, 15) is 9.59 Å². The fourth-order valence-corrected chi connectivity index (χ4v) is 3.68. The van der Waals surface area contributed by atoms with E-state index in [1.54, 1.807) is 12.1 Å². The Hall–Kier alpha value is -3.91. The molecule has 0 saturated heterocycles. The summed E-state index contributed by atoms with van der Waals surface area (Å²) in [6, 6.07) is 21.5. The molecular weight excluding hydrogens is 430 g/mol. The predicted octanol–water partition coefficient (Wildman–Crippen LogP) is 2.53. The molecule has 2 aromatic carbocycles. The van der Waals surface area contributed by atoms with Gasteiger partial charge in [-0.25, -0.2) is 0 Å². The van der Waals surface area contributed by atoms with Crippen LogP contribution in [0.3, 0.4) is 0 Å². The minimum atomic E-state index is -0.305. The maximum Gasteiger partial charge on any atom is 0.251 e. The number of carbonyl (C=O) groups is 2. The van der Waals surface area contributed by atoms with Gasteiger partial charge in [0.15, 0.2) is 5.96 Å². The predicted molar refractivity (Wildman–Crippen MR) is 132 cm³/mol. The summed E-state index contributed by atoms with van der Waals surface area (Å²) in [5.41, 5.74) is 10.0. The number of aliphatic hydroxyl groups is 1. The van der Waals surface area contributed by atoms with Gasteiger partial charge in [0.25, 0.3) is 5.91 Å². The molecule has 0 spiro atoms. The van der Waals surface area contributed by atoms with E-state index >= 15 is 0 Å². The Kier molecular flexibility index (Phi) is 7.39. The number of nitrogens with one attached hydrogen (secondary N) is 2. The van der Waals surface area contributed by atoms with Crippen molar-refractivity contribution in [1.29, 1.82) is 0 Å². The van der Waals surface area contributed by atoms with E-state index in [2.05, 4.69) is 15.6 Å². The summed E-state index contributed by atoms with van der Waals surface area (Å²) in [6.45, 7) is 0.388. The molecule has 0 atom stereocenters. The lowest BCUT2D eigenvalue weighted by Crippen LogP contribution is -2.39. The monoisotopic (exact) mass is 459 g/mol. The lowest BCUT2D eigenvalue weighted by molar-refractivity contribution is -0.120. The van der Waals surface area contributed by atoms with Crippen LogP contribution < -0.4 is 16.4 Å². The largest absolute Gasteiger partial charge is 0.396 e. The summed E-state index contributed by atoms with van der Waals surface area (Å²) in [6.07, 6.45) is 2.56. The standard InChI is InChI=1S/C26H29N5O3/c27-26(28-15-4-16-32)30-24(33)17-31-22(18-5-2-1-3-6-18)13-14-23(31)19-7-9-20(10-8-19)25(34)29-21-11-12-21/h1-3,5-10,13-14,21,32H,4,11-12,15-17H2,(H,29,34)(H3,27,28,30,33). The zero-order valence-corrected chi connectivity index (χ0v) is 18.9. The summed E-state index contributed by atoms with van der Waals surface area (Å²) in [5, 5.41) is 14.5. The highest BCUT2D eigenvalue weighted by molar-refractivity contribution is 5.97. The highest BCUT2D eigenvalue weighted by Crippen LogP contribution is 2.29. The van der Waals surface area contributed by atoms with Gasteiger partial charge in [-0.15, -0.1) is 0 Å². The number of carbonyl (C=O) groups excluding carboxylic acids is 2. The van der Waals surface area contributed by atoms with E-state index in [0.29, 0.717) is 24.6 Å². The number of hydrogen-bond donors (Lipinski definition) is 4. The Labute approximate surface area is 198 Å². The van der Waals surface area contributed by atoms with E-state index < -0.39 is 0 Å². The first-order valence-electron chi connectivity index (χ1n) is 11.4. The van der Waals surface area contributed by atoms with Gasteiger partial charge in [-0.05, 0) is 54.7 Å². The Morgan fingerprint density at radius 3 is 2.24 bits per heavy atom. The van der Waals surface area contributed by atoms with Crippen molar-refractivity contribution in [1.82, 2.24) is 15.2 Å². The van der Waals surface area contributed by atoms with Gasteiger partial charge in [0.2, 0.25) is 5.91 Å². The van der Waals surface area contributed by atoms with Crippen molar-refractivity contribution in [3.8, 4) is 22.5 Å². The molecule has 34 heavy (non-hydrogen) atoms. The molecule has 3 aromatic rings. The smallest absolute Gasteiger partial charge is 0.251 e. The molecule has 1 aliphatic rings. The molecule has 1 aromatic heterocycles. The van der Waals surface area contributed by atoms with E-state index in [-0.39, 0.29) is 30.9 Å². The molecule has 1 heterocycles. The lowest BCUT2D eigenvalue weighted by Gasteiger charge is -2.14. The van der Waals surface area contributed by atoms with Gasteiger partial charge in [-0.2, -0.15) is 0 Å². The van der Waals surface area contributed by atoms with E-state index in [0.717, 1.165) is 35.4 Å². The molecule has 8 heteroatoms. The molecule has 1 aliphatic carbocycles. The van der Waals surface area contributed by atoms with Crippen LogP contribution in [-0.2, 0) is 11.3 Å². The molecule has 0 unspecified atom stereocenters. The molecule has 0 radical (unpaired) electrons. The number of guanidine groups is 1. The van der Waals surface area contributed by atoms with Crippen LogP contribution in [0.2, 0.25) is 0 Å². The second-order valence-electron chi connectivity index (χ2n) is 8.27. The number of rotatable bonds is 9. The second kappa shape index (κ2) is 10.8. The molecule has 2 amide bonds. The third-order valence-electron chi connectivity index (χ3n) is 5.57. The summed E-state index contributed by atoms with van der Waals surface area (Å²) in [4.78, 5) is 29.2. The molecule has 1 fully saturated rings. The quantitative estimate of drug-likeness (QED) is 0.223. The van der Waals surface area contributed by atoms with Gasteiger partial charge in [-0.1, -0.05) is 42.5 Å². The first-order chi connectivity index (χ1) is 16.5. The first-order valence-corrected chi connectivity index (χ1v) is 11.4. The number of aliphatic hydroxyl groups excluding tert-OH is 1. The maximum absolute atomic E-state index is 12.8. The van der Waals surface area contributed by atoms with Gasteiger partial charge in [0.1, 0.15) is 6.54 Å². The van der Waals surface area contributed by atoms with Crippen LogP contribution in [0.15, 0.2) is 71.7 Å². The Bertz CT molecular complexity index is 1160. The van der Waals surface area contributed by atoms with Gasteiger partial charge in [0.05, 0.1) is 0 Å². The number of nitrogens with two attached hydrogens (primary N) is 1. The molecule has 0 aliphatic heterocycles. The van der Waals surface area contributed by atoms with Crippen LogP contribution in [0.4, 0.5) is 0 Å². The average molecular weight is 460 g/mol. The van der Waals surface area contributed by atoms with Crippen molar-refractivity contribution in [2.45, 2.75) is 31.8 Å². The fraction of sp³-hybridized carbons (Fsp3) is 0.269. The maximum atomic E-state index is 12.8. The van der Waals surface area contributed by atoms with E-state index in [1.165, 1.54) is 0 Å². The summed E-state index contributed by atoms with van der Waals surface area (Å²) < 4.78 is 1.92. The number of hydrogen-bond acceptors (Lipinski definition) is 4. The van der Waals surface area contributed by atoms with Crippen LogP contribution in [0, 0.1) is 0 Å². The summed E-state index contributed by atoms with van der Waals surface area (Å²) >= 11 is 0. The highest BCUT2D eigenvalue weighted by atomic mass is 16.3. The Balaban J connectivity index is 1.58. The molecule has 8 nitrogen and oxygen atoms in total. The molecule has 5 N–H and O–H groups in total. The van der Waals surface area contributed by atoms with E-state index in [4.69, 9.17) is 10.8 Å². The van der Waals surface area contributed by atoms with Crippen molar-refractivity contribution >= 4 is 17.8 Å². The zero-order chi connectivity index (χ0) is 23.9. The van der Waals surface area contributed by atoms with Crippen molar-refractivity contribution in [3.05, 3.63) is 72.3 Å². The normalized spacial score (nSPS) is 13.5. The highest BCUT2D eigenvalue weighted by Gasteiger charge is 2.24. The average Bonchev–Trinajstić information content (AvgIpc) is 3.57.